The molecule has 0 fully saturated rings. The molecule has 0 saturated carbocycles. The second kappa shape index (κ2) is 4.25. The van der Waals surface area contributed by atoms with E-state index in [9.17, 15) is 10.2 Å². The molecule has 0 unspecified atom stereocenters. The zero-order valence-electron chi connectivity index (χ0n) is 11.2. The first-order valence-corrected chi connectivity index (χ1v) is 7.11. The highest BCUT2D eigenvalue weighted by molar-refractivity contribution is 5.61. The van der Waals surface area contributed by atoms with Crippen LogP contribution < -0.4 is 5.32 Å². The standard InChI is InChI=1S/C17H17NO2/c19-15-8-11-5-6-18-9-14-12-4-2-1-3-10(12)7-13(16(11)14)17(15)20/h1-4,8,14,18-20H,5-7,9H2/t14-/m1/s1. The van der Waals surface area contributed by atoms with E-state index in [4.69, 9.17) is 0 Å². The SMILES string of the molecule is Oc1cc2c3c(c1O)Cc1ccccc1[C@H]3CNCC2. The molecule has 1 atom stereocenters. The molecule has 0 radical (unpaired) electrons. The molecule has 1 heterocycles. The minimum absolute atomic E-state index is 0.0128. The molecule has 4 rings (SSSR count). The molecule has 1 aliphatic heterocycles. The average molecular weight is 267 g/mol. The summed E-state index contributed by atoms with van der Waals surface area (Å²) in [5.74, 6) is 0.350. The summed E-state index contributed by atoms with van der Waals surface area (Å²) in [6.07, 6.45) is 1.60. The molecule has 0 amide bonds. The first-order chi connectivity index (χ1) is 9.75. The minimum Gasteiger partial charge on any atom is -0.504 e. The molecule has 0 aromatic heterocycles. The van der Waals surface area contributed by atoms with E-state index < -0.39 is 0 Å². The molecule has 102 valence electrons. The zero-order chi connectivity index (χ0) is 13.7. The van der Waals surface area contributed by atoms with Crippen LogP contribution in [0.3, 0.4) is 0 Å². The molecule has 0 saturated heterocycles. The Bertz CT molecular complexity index is 694. The average Bonchev–Trinajstić information content (AvgIpc) is 2.68. The quantitative estimate of drug-likeness (QED) is 0.642. The molecule has 2 aromatic rings. The zero-order valence-corrected chi connectivity index (χ0v) is 11.2. The van der Waals surface area contributed by atoms with Crippen LogP contribution in [0, 0.1) is 0 Å². The van der Waals surface area contributed by atoms with Gasteiger partial charge in [0.1, 0.15) is 0 Å². The van der Waals surface area contributed by atoms with Gasteiger partial charge >= 0.3 is 0 Å². The van der Waals surface area contributed by atoms with E-state index >= 15 is 0 Å². The lowest BCUT2D eigenvalue weighted by Crippen LogP contribution is -2.24. The van der Waals surface area contributed by atoms with Crippen LogP contribution in [0.4, 0.5) is 0 Å². The Hall–Kier alpha value is -2.00. The van der Waals surface area contributed by atoms with Crippen molar-refractivity contribution in [2.24, 2.45) is 0 Å². The maximum atomic E-state index is 10.3. The van der Waals surface area contributed by atoms with Gasteiger partial charge in [0.15, 0.2) is 11.5 Å². The Balaban J connectivity index is 2.02. The molecular formula is C17H17NO2. The summed E-state index contributed by atoms with van der Waals surface area (Å²) in [7, 11) is 0. The predicted octanol–water partition coefficient (Wildman–Crippen LogP) is 2.28. The summed E-state index contributed by atoms with van der Waals surface area (Å²) in [6, 6.07) is 10.2. The lowest BCUT2D eigenvalue weighted by molar-refractivity contribution is 0.398. The fraction of sp³-hybridized carbons (Fsp3) is 0.294. The van der Waals surface area contributed by atoms with Crippen LogP contribution in [0.15, 0.2) is 30.3 Å². The van der Waals surface area contributed by atoms with Gasteiger partial charge in [0, 0.05) is 24.4 Å². The number of rotatable bonds is 0. The van der Waals surface area contributed by atoms with Gasteiger partial charge < -0.3 is 15.5 Å². The van der Waals surface area contributed by atoms with Gasteiger partial charge in [-0.05, 0) is 41.3 Å². The van der Waals surface area contributed by atoms with E-state index in [0.29, 0.717) is 6.42 Å². The molecule has 0 spiro atoms. The maximum absolute atomic E-state index is 10.3. The summed E-state index contributed by atoms with van der Waals surface area (Å²) in [5, 5.41) is 23.7. The third kappa shape index (κ3) is 1.56. The van der Waals surface area contributed by atoms with Crippen molar-refractivity contribution >= 4 is 0 Å². The monoisotopic (exact) mass is 267 g/mol. The molecule has 3 nitrogen and oxygen atoms in total. The number of phenols is 2. The lowest BCUT2D eigenvalue weighted by atomic mass is 9.75. The highest BCUT2D eigenvalue weighted by atomic mass is 16.3. The van der Waals surface area contributed by atoms with Gasteiger partial charge in [-0.25, -0.2) is 0 Å². The Labute approximate surface area is 117 Å². The van der Waals surface area contributed by atoms with Crippen molar-refractivity contribution in [3.8, 4) is 11.5 Å². The van der Waals surface area contributed by atoms with E-state index in [0.717, 1.165) is 25.1 Å². The van der Waals surface area contributed by atoms with Crippen LogP contribution in [0.25, 0.3) is 0 Å². The highest BCUT2D eigenvalue weighted by Gasteiger charge is 2.31. The van der Waals surface area contributed by atoms with E-state index in [1.54, 1.807) is 6.07 Å². The van der Waals surface area contributed by atoms with Crippen LogP contribution in [0.5, 0.6) is 11.5 Å². The number of aromatic hydroxyl groups is 2. The van der Waals surface area contributed by atoms with Crippen LogP contribution in [0.2, 0.25) is 0 Å². The van der Waals surface area contributed by atoms with Crippen LogP contribution >= 0.6 is 0 Å². The van der Waals surface area contributed by atoms with Gasteiger partial charge in [-0.15, -0.1) is 0 Å². The Kier molecular flexibility index (Phi) is 2.51. The molecule has 20 heavy (non-hydrogen) atoms. The molecule has 0 bridgehead atoms. The molecule has 2 aromatic carbocycles. The van der Waals surface area contributed by atoms with Gasteiger partial charge in [-0.2, -0.15) is 0 Å². The van der Waals surface area contributed by atoms with E-state index in [1.165, 1.54) is 22.3 Å². The maximum Gasteiger partial charge on any atom is 0.161 e. The Morgan fingerprint density at radius 3 is 2.85 bits per heavy atom. The molecular weight excluding hydrogens is 250 g/mol. The largest absolute Gasteiger partial charge is 0.504 e. The number of hydrogen-bond donors (Lipinski definition) is 3. The van der Waals surface area contributed by atoms with Crippen molar-refractivity contribution in [3.63, 3.8) is 0 Å². The van der Waals surface area contributed by atoms with Crippen molar-refractivity contribution in [2.45, 2.75) is 18.8 Å². The first-order valence-electron chi connectivity index (χ1n) is 7.11. The fourth-order valence-corrected chi connectivity index (χ4v) is 3.67. The summed E-state index contributed by atoms with van der Waals surface area (Å²) in [6.45, 7) is 1.80. The molecule has 2 aliphatic rings. The number of phenolic OH excluding ortho intramolecular Hbond substituents is 2. The molecule has 3 heteroatoms. The van der Waals surface area contributed by atoms with Crippen LogP contribution in [0.1, 0.15) is 33.7 Å². The number of benzene rings is 2. The lowest BCUT2D eigenvalue weighted by Gasteiger charge is -2.30. The molecule has 1 aliphatic carbocycles. The third-order valence-corrected chi connectivity index (χ3v) is 4.58. The number of hydrogen-bond acceptors (Lipinski definition) is 3. The minimum atomic E-state index is 0.0128. The highest BCUT2D eigenvalue weighted by Crippen LogP contribution is 2.45. The third-order valence-electron chi connectivity index (χ3n) is 4.58. The van der Waals surface area contributed by atoms with Crippen molar-refractivity contribution in [3.05, 3.63) is 58.1 Å². The van der Waals surface area contributed by atoms with Crippen molar-refractivity contribution < 1.29 is 10.2 Å². The van der Waals surface area contributed by atoms with E-state index in [-0.39, 0.29) is 17.4 Å². The van der Waals surface area contributed by atoms with Gasteiger partial charge in [-0.1, -0.05) is 24.3 Å². The van der Waals surface area contributed by atoms with Crippen molar-refractivity contribution in [1.82, 2.24) is 5.32 Å². The Morgan fingerprint density at radius 2 is 1.95 bits per heavy atom. The van der Waals surface area contributed by atoms with Crippen molar-refractivity contribution in [2.75, 3.05) is 13.1 Å². The first kappa shape index (κ1) is 11.8. The summed E-state index contributed by atoms with van der Waals surface area (Å²) >= 11 is 0. The normalized spacial score (nSPS) is 19.9. The second-order valence-corrected chi connectivity index (χ2v) is 5.68. The van der Waals surface area contributed by atoms with Crippen LogP contribution in [-0.4, -0.2) is 23.3 Å². The van der Waals surface area contributed by atoms with Gasteiger partial charge in [0.2, 0.25) is 0 Å². The number of fused-ring (bicyclic) bond motifs is 2. The summed E-state index contributed by atoms with van der Waals surface area (Å²) in [4.78, 5) is 0. The van der Waals surface area contributed by atoms with Crippen LogP contribution in [-0.2, 0) is 12.8 Å². The van der Waals surface area contributed by atoms with Gasteiger partial charge in [-0.3, -0.25) is 0 Å². The number of nitrogens with one attached hydrogen (secondary N) is 1. The van der Waals surface area contributed by atoms with Gasteiger partial charge in [0.25, 0.3) is 0 Å². The Morgan fingerprint density at radius 1 is 1.10 bits per heavy atom. The smallest absolute Gasteiger partial charge is 0.161 e. The molecule has 3 N–H and O–H groups in total. The fourth-order valence-electron chi connectivity index (χ4n) is 3.67. The second-order valence-electron chi connectivity index (χ2n) is 5.68. The van der Waals surface area contributed by atoms with E-state index in [1.807, 2.05) is 6.07 Å². The predicted molar refractivity (Wildman–Crippen MR) is 77.4 cm³/mol. The van der Waals surface area contributed by atoms with Gasteiger partial charge in [0.05, 0.1) is 0 Å². The topological polar surface area (TPSA) is 52.5 Å². The summed E-state index contributed by atoms with van der Waals surface area (Å²) < 4.78 is 0. The van der Waals surface area contributed by atoms with Crippen molar-refractivity contribution in [1.29, 1.82) is 0 Å². The van der Waals surface area contributed by atoms with E-state index in [2.05, 4.69) is 23.5 Å². The summed E-state index contributed by atoms with van der Waals surface area (Å²) in [5.41, 5.74) is 5.90.